The van der Waals surface area contributed by atoms with Crippen LogP contribution in [-0.2, 0) is 0 Å². The fourth-order valence-electron chi connectivity index (χ4n) is 1.33. The molecule has 19 heavy (non-hydrogen) atoms. The van der Waals surface area contributed by atoms with Crippen LogP contribution >= 0.6 is 0 Å². The van der Waals surface area contributed by atoms with Gasteiger partial charge in [-0.3, -0.25) is 19.7 Å². The normalized spacial score (nSPS) is 9.26. The van der Waals surface area contributed by atoms with Gasteiger partial charge in [0.05, 0.1) is 4.92 Å². The third kappa shape index (κ3) is 3.50. The molecule has 1 aromatic carbocycles. The fraction of sp³-hybridized carbons (Fsp3) is 0. The van der Waals surface area contributed by atoms with Crippen molar-refractivity contribution >= 4 is 17.5 Å². The molecule has 0 fully saturated rings. The second-order valence-corrected chi connectivity index (χ2v) is 3.38. The molecule has 98 valence electrons. The van der Waals surface area contributed by atoms with E-state index in [1.807, 2.05) is 0 Å². The van der Waals surface area contributed by atoms with Gasteiger partial charge in [-0.15, -0.1) is 0 Å². The minimum atomic E-state index is -0.685. The van der Waals surface area contributed by atoms with E-state index in [1.54, 1.807) is 0 Å². The third-order valence-electron chi connectivity index (χ3n) is 2.12. The standard InChI is InChI=1S/C12H11N3O4/c1-3-13-11(16)8-5-9(12(17)14-4-2)7-10(6-8)15(18)19/h3-7H,1-2H2,(H,13,16)(H,14,17). The highest BCUT2D eigenvalue weighted by atomic mass is 16.6. The van der Waals surface area contributed by atoms with Crippen LogP contribution in [0.3, 0.4) is 0 Å². The predicted octanol–water partition coefficient (Wildman–Crippen LogP) is 1.34. The highest BCUT2D eigenvalue weighted by molar-refractivity contribution is 6.01. The molecule has 0 atom stereocenters. The van der Waals surface area contributed by atoms with E-state index >= 15 is 0 Å². The molecular weight excluding hydrogens is 250 g/mol. The van der Waals surface area contributed by atoms with Crippen LogP contribution in [-0.4, -0.2) is 16.7 Å². The zero-order valence-corrected chi connectivity index (χ0v) is 9.88. The van der Waals surface area contributed by atoms with Crippen LogP contribution in [0.4, 0.5) is 5.69 Å². The molecule has 0 radical (unpaired) electrons. The highest BCUT2D eigenvalue weighted by Crippen LogP contribution is 2.17. The van der Waals surface area contributed by atoms with E-state index in [4.69, 9.17) is 0 Å². The van der Waals surface area contributed by atoms with Crippen LogP contribution in [0.1, 0.15) is 20.7 Å². The van der Waals surface area contributed by atoms with Gasteiger partial charge in [-0.2, -0.15) is 0 Å². The van der Waals surface area contributed by atoms with Crippen molar-refractivity contribution in [1.29, 1.82) is 0 Å². The van der Waals surface area contributed by atoms with Gasteiger partial charge in [-0.1, -0.05) is 13.2 Å². The number of hydrogen-bond acceptors (Lipinski definition) is 4. The van der Waals surface area contributed by atoms with Crippen molar-refractivity contribution < 1.29 is 14.5 Å². The molecule has 0 bridgehead atoms. The van der Waals surface area contributed by atoms with Gasteiger partial charge in [0.2, 0.25) is 0 Å². The van der Waals surface area contributed by atoms with Crippen LogP contribution < -0.4 is 10.6 Å². The second-order valence-electron chi connectivity index (χ2n) is 3.38. The topological polar surface area (TPSA) is 101 Å². The zero-order valence-electron chi connectivity index (χ0n) is 9.88. The Morgan fingerprint density at radius 1 is 1.05 bits per heavy atom. The first-order valence-corrected chi connectivity index (χ1v) is 5.12. The van der Waals surface area contributed by atoms with Crippen molar-refractivity contribution in [3.05, 3.63) is 65.0 Å². The number of nitro benzene ring substituents is 1. The van der Waals surface area contributed by atoms with Gasteiger partial charge in [0.25, 0.3) is 17.5 Å². The van der Waals surface area contributed by atoms with Crippen LogP contribution in [0.25, 0.3) is 0 Å². The summed E-state index contributed by atoms with van der Waals surface area (Å²) in [5.41, 5.74) is -0.377. The molecule has 2 amide bonds. The minimum absolute atomic E-state index is 0.0108. The van der Waals surface area contributed by atoms with Gasteiger partial charge < -0.3 is 10.6 Å². The maximum Gasteiger partial charge on any atom is 0.271 e. The summed E-state index contributed by atoms with van der Waals surface area (Å²) >= 11 is 0. The maximum atomic E-state index is 11.6. The largest absolute Gasteiger partial charge is 0.329 e. The van der Waals surface area contributed by atoms with Gasteiger partial charge in [0.15, 0.2) is 0 Å². The molecule has 0 unspecified atom stereocenters. The number of non-ortho nitro benzene ring substituents is 1. The van der Waals surface area contributed by atoms with Crippen LogP contribution in [0.2, 0.25) is 0 Å². The Balaban J connectivity index is 3.28. The van der Waals surface area contributed by atoms with E-state index in [0.29, 0.717) is 0 Å². The number of hydrogen-bond donors (Lipinski definition) is 2. The maximum absolute atomic E-state index is 11.6. The number of rotatable bonds is 5. The Morgan fingerprint density at radius 2 is 1.47 bits per heavy atom. The van der Waals surface area contributed by atoms with E-state index in [-0.39, 0.29) is 16.8 Å². The van der Waals surface area contributed by atoms with Crippen molar-refractivity contribution in [2.45, 2.75) is 0 Å². The number of carbonyl (C=O) groups excluding carboxylic acids is 2. The molecule has 0 heterocycles. The molecule has 0 aliphatic rings. The molecule has 0 saturated carbocycles. The van der Waals surface area contributed by atoms with E-state index in [2.05, 4.69) is 23.8 Å². The number of nitrogens with one attached hydrogen (secondary N) is 2. The summed E-state index contributed by atoms with van der Waals surface area (Å²) in [6.07, 6.45) is 2.29. The molecule has 0 aliphatic carbocycles. The molecule has 1 aromatic rings. The van der Waals surface area contributed by atoms with E-state index in [9.17, 15) is 19.7 Å². The van der Waals surface area contributed by atoms with E-state index in [1.165, 1.54) is 6.07 Å². The number of amides is 2. The van der Waals surface area contributed by atoms with Crippen molar-refractivity contribution in [3.63, 3.8) is 0 Å². The summed E-state index contributed by atoms with van der Waals surface area (Å²) < 4.78 is 0. The van der Waals surface area contributed by atoms with E-state index < -0.39 is 16.7 Å². The third-order valence-corrected chi connectivity index (χ3v) is 2.12. The zero-order chi connectivity index (χ0) is 14.4. The quantitative estimate of drug-likeness (QED) is 0.616. The molecule has 0 aromatic heterocycles. The van der Waals surface area contributed by atoms with Gasteiger partial charge >= 0.3 is 0 Å². The SMILES string of the molecule is C=CNC(=O)c1cc(C(=O)NC=C)cc([N+](=O)[O-])c1. The van der Waals surface area contributed by atoms with Gasteiger partial charge in [-0.05, 0) is 18.5 Å². The average molecular weight is 261 g/mol. The predicted molar refractivity (Wildman–Crippen MR) is 68.4 cm³/mol. The van der Waals surface area contributed by atoms with Crippen LogP contribution in [0.15, 0.2) is 43.8 Å². The Bertz CT molecular complexity index is 526. The summed E-state index contributed by atoms with van der Waals surface area (Å²) in [6.45, 7) is 6.62. The summed E-state index contributed by atoms with van der Waals surface area (Å²) in [6, 6.07) is 3.39. The van der Waals surface area contributed by atoms with Gasteiger partial charge in [-0.25, -0.2) is 0 Å². The Hall–Kier alpha value is -2.96. The Kier molecular flexibility index (Phi) is 4.53. The summed E-state index contributed by atoms with van der Waals surface area (Å²) in [5.74, 6) is -1.18. The number of nitro groups is 1. The lowest BCUT2D eigenvalue weighted by Gasteiger charge is -2.04. The summed E-state index contributed by atoms with van der Waals surface area (Å²) in [4.78, 5) is 33.3. The van der Waals surface area contributed by atoms with E-state index in [0.717, 1.165) is 24.5 Å². The summed E-state index contributed by atoms with van der Waals surface area (Å²) in [5, 5.41) is 15.3. The fourth-order valence-corrected chi connectivity index (χ4v) is 1.33. The molecule has 0 spiro atoms. The molecular formula is C12H11N3O4. The number of carbonyl (C=O) groups is 2. The molecule has 0 saturated heterocycles. The smallest absolute Gasteiger partial charge is 0.271 e. The number of nitrogens with zero attached hydrogens (tertiary/aromatic N) is 1. The van der Waals surface area contributed by atoms with Crippen molar-refractivity contribution in [2.75, 3.05) is 0 Å². The lowest BCUT2D eigenvalue weighted by Crippen LogP contribution is -2.20. The molecule has 0 aliphatic heterocycles. The second kappa shape index (κ2) is 6.10. The Labute approximate surface area is 108 Å². The molecule has 1 rings (SSSR count). The summed E-state index contributed by atoms with van der Waals surface area (Å²) in [7, 11) is 0. The van der Waals surface area contributed by atoms with Crippen LogP contribution in [0, 0.1) is 10.1 Å². The molecule has 7 nitrogen and oxygen atoms in total. The van der Waals surface area contributed by atoms with Gasteiger partial charge in [0.1, 0.15) is 0 Å². The lowest BCUT2D eigenvalue weighted by molar-refractivity contribution is -0.384. The lowest BCUT2D eigenvalue weighted by atomic mass is 10.1. The molecule has 2 N–H and O–H groups in total. The number of benzene rings is 1. The Morgan fingerprint density at radius 3 is 1.79 bits per heavy atom. The van der Waals surface area contributed by atoms with Crippen LogP contribution in [0.5, 0.6) is 0 Å². The first-order valence-electron chi connectivity index (χ1n) is 5.12. The average Bonchev–Trinajstić information content (AvgIpc) is 2.38. The van der Waals surface area contributed by atoms with Gasteiger partial charge in [0, 0.05) is 23.3 Å². The first-order chi connectivity index (χ1) is 8.99. The highest BCUT2D eigenvalue weighted by Gasteiger charge is 2.17. The van der Waals surface area contributed by atoms with Crippen molar-refractivity contribution in [3.8, 4) is 0 Å². The van der Waals surface area contributed by atoms with Crippen molar-refractivity contribution in [1.82, 2.24) is 10.6 Å². The molecule has 7 heteroatoms. The monoisotopic (exact) mass is 261 g/mol. The first kappa shape index (κ1) is 14.1. The van der Waals surface area contributed by atoms with Crippen molar-refractivity contribution in [2.24, 2.45) is 0 Å². The minimum Gasteiger partial charge on any atom is -0.329 e.